The number of anilines is 2. The summed E-state index contributed by atoms with van der Waals surface area (Å²) in [5.74, 6) is -0.509. The van der Waals surface area contributed by atoms with Crippen molar-refractivity contribution in [3.63, 3.8) is 0 Å². The number of nitro groups is 1. The largest absolute Gasteiger partial charge is 0.500 e. The molecule has 2 aromatic carbocycles. The summed E-state index contributed by atoms with van der Waals surface area (Å²) >= 11 is 1.23. The lowest BCUT2D eigenvalue weighted by Crippen LogP contribution is -1.93. The highest BCUT2D eigenvalue weighted by Crippen LogP contribution is 2.41. The van der Waals surface area contributed by atoms with E-state index in [2.05, 4.69) is 15.5 Å². The van der Waals surface area contributed by atoms with E-state index in [-0.39, 0.29) is 5.75 Å². The molecule has 3 rings (SSSR count). The van der Waals surface area contributed by atoms with E-state index in [1.807, 2.05) is 30.3 Å². The van der Waals surface area contributed by atoms with E-state index in [0.29, 0.717) is 15.7 Å². The first-order valence-electron chi connectivity index (χ1n) is 6.80. The van der Waals surface area contributed by atoms with E-state index in [0.717, 1.165) is 5.69 Å². The van der Waals surface area contributed by atoms with E-state index in [1.165, 1.54) is 30.6 Å². The van der Waals surface area contributed by atoms with Crippen LogP contribution in [0.5, 0.6) is 11.5 Å². The average Bonchev–Trinajstić information content (AvgIpc) is 3.04. The smallest absolute Gasteiger partial charge is 0.315 e. The van der Waals surface area contributed by atoms with Gasteiger partial charge in [0.1, 0.15) is 5.01 Å². The number of nitrogens with zero attached hydrogens (tertiary/aromatic N) is 3. The molecule has 0 fully saturated rings. The van der Waals surface area contributed by atoms with Gasteiger partial charge < -0.3 is 15.2 Å². The lowest BCUT2D eigenvalue weighted by molar-refractivity contribution is -0.385. The Hall–Kier alpha value is -3.20. The van der Waals surface area contributed by atoms with Gasteiger partial charge in [-0.1, -0.05) is 29.5 Å². The van der Waals surface area contributed by atoms with Gasteiger partial charge >= 0.3 is 5.69 Å². The molecule has 0 spiro atoms. The van der Waals surface area contributed by atoms with Gasteiger partial charge in [0, 0.05) is 17.3 Å². The fourth-order valence-electron chi connectivity index (χ4n) is 2.05. The molecule has 0 saturated heterocycles. The molecule has 0 bridgehead atoms. The van der Waals surface area contributed by atoms with Crippen molar-refractivity contribution >= 4 is 27.8 Å². The van der Waals surface area contributed by atoms with Crippen LogP contribution in [0.25, 0.3) is 10.6 Å². The minimum Gasteiger partial charge on any atom is -0.500 e. The number of phenols is 1. The maximum absolute atomic E-state index is 11.1. The van der Waals surface area contributed by atoms with Gasteiger partial charge in [0.25, 0.3) is 0 Å². The highest BCUT2D eigenvalue weighted by Gasteiger charge is 2.22. The number of methoxy groups -OCH3 is 1. The van der Waals surface area contributed by atoms with Crippen LogP contribution in [0.3, 0.4) is 0 Å². The number of aromatic hydroxyl groups is 1. The van der Waals surface area contributed by atoms with Crippen LogP contribution in [0.2, 0.25) is 0 Å². The van der Waals surface area contributed by atoms with Gasteiger partial charge in [0.15, 0.2) is 5.75 Å². The third kappa shape index (κ3) is 3.10. The summed E-state index contributed by atoms with van der Waals surface area (Å²) in [5, 5.41) is 33.1. The molecule has 0 aliphatic heterocycles. The first kappa shape index (κ1) is 15.7. The molecule has 8 nitrogen and oxygen atoms in total. The molecule has 1 heterocycles. The third-order valence-electron chi connectivity index (χ3n) is 3.17. The number of para-hydroxylation sites is 1. The molecular formula is C15H12N4O4S. The topological polar surface area (TPSA) is 110 Å². The second-order valence-corrected chi connectivity index (χ2v) is 5.68. The van der Waals surface area contributed by atoms with Crippen molar-refractivity contribution in [3.8, 4) is 22.1 Å². The van der Waals surface area contributed by atoms with Crippen molar-refractivity contribution in [2.75, 3.05) is 12.4 Å². The number of nitrogens with one attached hydrogen (secondary N) is 1. The van der Waals surface area contributed by atoms with Crippen LogP contribution in [0, 0.1) is 10.1 Å². The number of nitro benzene ring substituents is 1. The first-order chi connectivity index (χ1) is 11.6. The van der Waals surface area contributed by atoms with E-state index < -0.39 is 16.4 Å². The summed E-state index contributed by atoms with van der Waals surface area (Å²) in [6.45, 7) is 0. The van der Waals surface area contributed by atoms with Crippen LogP contribution in [0.1, 0.15) is 0 Å². The molecular weight excluding hydrogens is 332 g/mol. The molecule has 24 heavy (non-hydrogen) atoms. The molecule has 0 aliphatic carbocycles. The highest BCUT2D eigenvalue weighted by molar-refractivity contribution is 7.18. The Kier molecular flexibility index (Phi) is 4.25. The number of benzene rings is 2. The van der Waals surface area contributed by atoms with Gasteiger partial charge in [-0.3, -0.25) is 10.1 Å². The third-order valence-corrected chi connectivity index (χ3v) is 4.06. The lowest BCUT2D eigenvalue weighted by atomic mass is 10.2. The second-order valence-electron chi connectivity index (χ2n) is 4.71. The van der Waals surface area contributed by atoms with E-state index in [4.69, 9.17) is 4.74 Å². The Morgan fingerprint density at radius 2 is 2.00 bits per heavy atom. The van der Waals surface area contributed by atoms with Gasteiger partial charge in [0.05, 0.1) is 12.0 Å². The van der Waals surface area contributed by atoms with Gasteiger partial charge in [-0.25, -0.2) is 0 Å². The number of hydrogen-bond donors (Lipinski definition) is 2. The quantitative estimate of drug-likeness (QED) is 0.537. The van der Waals surface area contributed by atoms with E-state index >= 15 is 0 Å². The Morgan fingerprint density at radius 3 is 2.67 bits per heavy atom. The fraction of sp³-hybridized carbons (Fsp3) is 0.0667. The Balaban J connectivity index is 1.95. The standard InChI is InChI=1S/C15H12N4O4S/c1-23-12-8-9(7-11(13(12)20)19(21)22)14-17-18-15(24-14)16-10-5-3-2-4-6-10/h2-8,20H,1H3,(H,16,18). The van der Waals surface area contributed by atoms with Crippen molar-refractivity contribution in [3.05, 3.63) is 52.6 Å². The molecule has 122 valence electrons. The number of hydrogen-bond acceptors (Lipinski definition) is 8. The van der Waals surface area contributed by atoms with Crippen LogP contribution >= 0.6 is 11.3 Å². The molecule has 3 aromatic rings. The zero-order valence-electron chi connectivity index (χ0n) is 12.5. The van der Waals surface area contributed by atoms with Crippen molar-refractivity contribution < 1.29 is 14.8 Å². The van der Waals surface area contributed by atoms with Gasteiger partial charge in [-0.05, 0) is 18.2 Å². The summed E-state index contributed by atoms with van der Waals surface area (Å²) in [4.78, 5) is 10.4. The van der Waals surface area contributed by atoms with Gasteiger partial charge in [0.2, 0.25) is 10.9 Å². The van der Waals surface area contributed by atoms with Gasteiger partial charge in [-0.15, -0.1) is 10.2 Å². The van der Waals surface area contributed by atoms with Crippen molar-refractivity contribution in [1.82, 2.24) is 10.2 Å². The van der Waals surface area contributed by atoms with Crippen LogP contribution in [-0.4, -0.2) is 27.3 Å². The summed E-state index contributed by atoms with van der Waals surface area (Å²) < 4.78 is 4.99. The van der Waals surface area contributed by atoms with Crippen molar-refractivity contribution in [1.29, 1.82) is 0 Å². The summed E-state index contributed by atoms with van der Waals surface area (Å²) in [5.41, 5.74) is 0.849. The minimum absolute atomic E-state index is 0.00645. The molecule has 1 aromatic heterocycles. The van der Waals surface area contributed by atoms with E-state index in [1.54, 1.807) is 0 Å². The molecule has 0 atom stereocenters. The van der Waals surface area contributed by atoms with Gasteiger partial charge in [-0.2, -0.15) is 0 Å². The Bertz CT molecular complexity index is 882. The zero-order valence-corrected chi connectivity index (χ0v) is 13.3. The average molecular weight is 344 g/mol. The Labute approximate surface area is 140 Å². The van der Waals surface area contributed by atoms with Crippen LogP contribution in [-0.2, 0) is 0 Å². The van der Waals surface area contributed by atoms with Crippen LogP contribution in [0.15, 0.2) is 42.5 Å². The number of ether oxygens (including phenoxy) is 1. The molecule has 0 aliphatic rings. The first-order valence-corrected chi connectivity index (χ1v) is 7.61. The summed E-state index contributed by atoms with van der Waals surface area (Å²) in [6.07, 6.45) is 0. The summed E-state index contributed by atoms with van der Waals surface area (Å²) in [6, 6.07) is 12.2. The molecule has 0 unspecified atom stereocenters. The fourth-order valence-corrected chi connectivity index (χ4v) is 2.80. The monoisotopic (exact) mass is 344 g/mol. The number of phenolic OH excluding ortho intramolecular Hbond substituents is 1. The summed E-state index contributed by atoms with van der Waals surface area (Å²) in [7, 11) is 1.32. The SMILES string of the molecule is COc1cc(-c2nnc(Nc3ccccc3)s2)cc([N+](=O)[O-])c1O. The molecule has 9 heteroatoms. The second kappa shape index (κ2) is 6.50. The molecule has 0 saturated carbocycles. The predicted octanol–water partition coefficient (Wildman–Crippen LogP) is 3.57. The molecule has 0 amide bonds. The Morgan fingerprint density at radius 1 is 1.25 bits per heavy atom. The predicted molar refractivity (Wildman–Crippen MR) is 89.9 cm³/mol. The minimum atomic E-state index is -0.675. The van der Waals surface area contributed by atoms with Crippen LogP contribution in [0.4, 0.5) is 16.5 Å². The van der Waals surface area contributed by atoms with Crippen LogP contribution < -0.4 is 10.1 Å². The zero-order chi connectivity index (χ0) is 17.1. The maximum atomic E-state index is 11.1. The van der Waals surface area contributed by atoms with Crippen molar-refractivity contribution in [2.24, 2.45) is 0 Å². The highest BCUT2D eigenvalue weighted by atomic mass is 32.1. The lowest BCUT2D eigenvalue weighted by Gasteiger charge is -2.05. The number of rotatable bonds is 5. The maximum Gasteiger partial charge on any atom is 0.315 e. The molecule has 2 N–H and O–H groups in total. The normalized spacial score (nSPS) is 10.4. The number of aromatic nitrogens is 2. The van der Waals surface area contributed by atoms with E-state index in [9.17, 15) is 15.2 Å². The van der Waals surface area contributed by atoms with Crippen molar-refractivity contribution in [2.45, 2.75) is 0 Å². The molecule has 0 radical (unpaired) electrons.